The van der Waals surface area contributed by atoms with E-state index in [1.54, 1.807) is 12.1 Å². The smallest absolute Gasteiger partial charge is 0.273 e. The van der Waals surface area contributed by atoms with Crippen molar-refractivity contribution >= 4 is 23.0 Å². The van der Waals surface area contributed by atoms with Crippen LogP contribution in [0.2, 0.25) is 0 Å². The highest BCUT2D eigenvalue weighted by molar-refractivity contribution is 6.02. The summed E-state index contributed by atoms with van der Waals surface area (Å²) >= 11 is 0. The number of nitrogens with one attached hydrogen (secondary N) is 4. The normalized spacial score (nSPS) is 10.2. The SMILES string of the molecule is O=C(Nc1ccc(Nc2ccccc2)cc1)c1cc(=O)[nH][nH]1. The van der Waals surface area contributed by atoms with Crippen molar-refractivity contribution in [3.63, 3.8) is 0 Å². The minimum absolute atomic E-state index is 0.191. The van der Waals surface area contributed by atoms with Crippen LogP contribution in [0.1, 0.15) is 10.5 Å². The van der Waals surface area contributed by atoms with Gasteiger partial charge in [0.05, 0.1) is 0 Å². The van der Waals surface area contributed by atoms with Crippen molar-refractivity contribution < 1.29 is 4.79 Å². The summed E-state index contributed by atoms with van der Waals surface area (Å²) in [6, 6.07) is 18.3. The molecule has 110 valence electrons. The van der Waals surface area contributed by atoms with Crippen molar-refractivity contribution in [2.45, 2.75) is 0 Å². The fourth-order valence-corrected chi connectivity index (χ4v) is 1.98. The monoisotopic (exact) mass is 294 g/mol. The average Bonchev–Trinajstić information content (AvgIpc) is 2.97. The summed E-state index contributed by atoms with van der Waals surface area (Å²) in [7, 11) is 0. The van der Waals surface area contributed by atoms with Gasteiger partial charge < -0.3 is 10.6 Å². The topological polar surface area (TPSA) is 89.8 Å². The lowest BCUT2D eigenvalue weighted by atomic mass is 10.2. The van der Waals surface area contributed by atoms with E-state index < -0.39 is 0 Å². The molecule has 1 heterocycles. The molecule has 0 aliphatic rings. The Morgan fingerprint density at radius 2 is 1.45 bits per heavy atom. The Labute approximate surface area is 126 Å². The lowest BCUT2D eigenvalue weighted by Crippen LogP contribution is -2.12. The van der Waals surface area contributed by atoms with Crippen molar-refractivity contribution in [3.05, 3.63) is 76.7 Å². The summed E-state index contributed by atoms with van der Waals surface area (Å²) < 4.78 is 0. The molecule has 1 aromatic heterocycles. The maximum absolute atomic E-state index is 11.9. The van der Waals surface area contributed by atoms with Crippen LogP contribution in [0.4, 0.5) is 17.1 Å². The summed E-state index contributed by atoms with van der Waals surface area (Å²) in [6.45, 7) is 0. The first-order chi connectivity index (χ1) is 10.7. The van der Waals surface area contributed by atoms with Gasteiger partial charge in [-0.1, -0.05) is 18.2 Å². The predicted molar refractivity (Wildman–Crippen MR) is 85.5 cm³/mol. The number of rotatable bonds is 4. The van der Waals surface area contributed by atoms with Gasteiger partial charge in [0.25, 0.3) is 11.5 Å². The predicted octanol–water partition coefficient (Wildman–Crippen LogP) is 2.70. The Morgan fingerprint density at radius 3 is 2.09 bits per heavy atom. The number of para-hydroxylation sites is 1. The van der Waals surface area contributed by atoms with Crippen molar-refractivity contribution in [2.24, 2.45) is 0 Å². The number of carbonyl (C=O) groups is 1. The number of H-pyrrole nitrogens is 2. The molecule has 0 saturated carbocycles. The zero-order chi connectivity index (χ0) is 15.4. The Kier molecular flexibility index (Phi) is 3.74. The minimum atomic E-state index is -0.373. The van der Waals surface area contributed by atoms with Crippen LogP contribution in [-0.4, -0.2) is 16.1 Å². The fourth-order valence-electron chi connectivity index (χ4n) is 1.98. The molecule has 0 spiro atoms. The van der Waals surface area contributed by atoms with Gasteiger partial charge in [-0.05, 0) is 36.4 Å². The second-order valence-corrected chi connectivity index (χ2v) is 4.69. The van der Waals surface area contributed by atoms with Crippen LogP contribution >= 0.6 is 0 Å². The Balaban J connectivity index is 1.66. The van der Waals surface area contributed by atoms with Gasteiger partial charge in [0.1, 0.15) is 5.69 Å². The second kappa shape index (κ2) is 6.01. The third kappa shape index (κ3) is 3.24. The molecule has 0 fully saturated rings. The molecule has 1 amide bonds. The first kappa shape index (κ1) is 13.7. The van der Waals surface area contributed by atoms with Gasteiger partial charge in [-0.15, -0.1) is 0 Å². The Hall–Kier alpha value is -3.28. The van der Waals surface area contributed by atoms with E-state index in [1.165, 1.54) is 6.07 Å². The number of hydrogen-bond acceptors (Lipinski definition) is 3. The first-order valence-electron chi connectivity index (χ1n) is 6.72. The molecule has 22 heavy (non-hydrogen) atoms. The molecule has 4 N–H and O–H groups in total. The fraction of sp³-hybridized carbons (Fsp3) is 0. The highest BCUT2D eigenvalue weighted by Gasteiger charge is 2.08. The lowest BCUT2D eigenvalue weighted by molar-refractivity contribution is 0.102. The summed E-state index contributed by atoms with van der Waals surface area (Å²) in [6.07, 6.45) is 0. The molecule has 2 aromatic carbocycles. The van der Waals surface area contributed by atoms with Crippen LogP contribution in [0.25, 0.3) is 0 Å². The first-order valence-corrected chi connectivity index (χ1v) is 6.72. The number of hydrogen-bond donors (Lipinski definition) is 4. The number of amides is 1. The number of benzene rings is 2. The van der Waals surface area contributed by atoms with Gasteiger partial charge in [0, 0.05) is 23.1 Å². The number of carbonyl (C=O) groups excluding carboxylic acids is 1. The van der Waals surface area contributed by atoms with Crippen LogP contribution < -0.4 is 16.2 Å². The third-order valence-electron chi connectivity index (χ3n) is 3.05. The molecule has 0 radical (unpaired) electrons. The maximum atomic E-state index is 11.9. The van der Waals surface area contributed by atoms with Crippen LogP contribution in [0.15, 0.2) is 65.5 Å². The summed E-state index contributed by atoms with van der Waals surface area (Å²) in [5.74, 6) is -0.373. The van der Waals surface area contributed by atoms with Crippen molar-refractivity contribution in [2.75, 3.05) is 10.6 Å². The third-order valence-corrected chi connectivity index (χ3v) is 3.05. The standard InChI is InChI=1S/C16H14N4O2/c21-15-10-14(19-20-15)16(22)18-13-8-6-12(7-9-13)17-11-4-2-1-3-5-11/h1-10,17H,(H,18,22)(H2,19,20,21). The van der Waals surface area contributed by atoms with Gasteiger partial charge in [0.2, 0.25) is 0 Å². The average molecular weight is 294 g/mol. The molecule has 3 aromatic rings. The van der Waals surface area contributed by atoms with Crippen LogP contribution in [0, 0.1) is 0 Å². The number of aromatic amines is 2. The largest absolute Gasteiger partial charge is 0.356 e. The lowest BCUT2D eigenvalue weighted by Gasteiger charge is -2.08. The Bertz CT molecular complexity index is 819. The minimum Gasteiger partial charge on any atom is -0.356 e. The summed E-state index contributed by atoms with van der Waals surface area (Å²) in [5, 5.41) is 10.8. The van der Waals surface area contributed by atoms with Crippen LogP contribution in [0.5, 0.6) is 0 Å². The van der Waals surface area contributed by atoms with E-state index in [4.69, 9.17) is 0 Å². The Morgan fingerprint density at radius 1 is 0.818 bits per heavy atom. The number of anilines is 3. The van der Waals surface area contributed by atoms with Crippen molar-refractivity contribution in [1.29, 1.82) is 0 Å². The zero-order valence-electron chi connectivity index (χ0n) is 11.6. The van der Waals surface area contributed by atoms with Crippen molar-refractivity contribution in [1.82, 2.24) is 10.2 Å². The molecule has 0 aliphatic heterocycles. The maximum Gasteiger partial charge on any atom is 0.273 e. The van der Waals surface area contributed by atoms with Gasteiger partial charge in [-0.2, -0.15) is 0 Å². The van der Waals surface area contributed by atoms with E-state index in [-0.39, 0.29) is 17.2 Å². The molecule has 3 rings (SSSR count). The van der Waals surface area contributed by atoms with E-state index >= 15 is 0 Å². The molecule has 6 heteroatoms. The second-order valence-electron chi connectivity index (χ2n) is 4.69. The quantitative estimate of drug-likeness (QED) is 0.596. The van der Waals surface area contributed by atoms with E-state index in [0.717, 1.165) is 11.4 Å². The van der Waals surface area contributed by atoms with Gasteiger partial charge in [-0.3, -0.25) is 19.8 Å². The molecular weight excluding hydrogens is 280 g/mol. The van der Waals surface area contributed by atoms with Crippen LogP contribution in [-0.2, 0) is 0 Å². The number of aromatic nitrogens is 2. The van der Waals surface area contributed by atoms with E-state index in [1.807, 2.05) is 42.5 Å². The molecule has 0 atom stereocenters. The summed E-state index contributed by atoms with van der Waals surface area (Å²) in [4.78, 5) is 22.9. The summed E-state index contributed by atoms with van der Waals surface area (Å²) in [5.41, 5.74) is 2.40. The molecular formula is C16H14N4O2. The highest BCUT2D eigenvalue weighted by Crippen LogP contribution is 2.18. The zero-order valence-corrected chi connectivity index (χ0v) is 11.6. The van der Waals surface area contributed by atoms with Gasteiger partial charge >= 0.3 is 0 Å². The molecule has 0 unspecified atom stereocenters. The highest BCUT2D eigenvalue weighted by atomic mass is 16.2. The van der Waals surface area contributed by atoms with E-state index in [9.17, 15) is 9.59 Å². The van der Waals surface area contributed by atoms with E-state index in [2.05, 4.69) is 20.8 Å². The molecule has 0 bridgehead atoms. The van der Waals surface area contributed by atoms with Gasteiger partial charge in [0.15, 0.2) is 0 Å². The molecule has 0 saturated heterocycles. The van der Waals surface area contributed by atoms with Crippen molar-refractivity contribution in [3.8, 4) is 0 Å². The molecule has 6 nitrogen and oxygen atoms in total. The van der Waals surface area contributed by atoms with Gasteiger partial charge in [-0.25, -0.2) is 0 Å². The molecule has 0 aliphatic carbocycles. The van der Waals surface area contributed by atoms with E-state index in [0.29, 0.717) is 5.69 Å². The van der Waals surface area contributed by atoms with Crippen LogP contribution in [0.3, 0.4) is 0 Å².